The number of hydrogen-bond donors (Lipinski definition) is 1. The van der Waals surface area contributed by atoms with Gasteiger partial charge in [0.25, 0.3) is 0 Å². The number of ether oxygens (including phenoxy) is 1. The highest BCUT2D eigenvalue weighted by molar-refractivity contribution is 6.02. The van der Waals surface area contributed by atoms with Crippen LogP contribution in [0.15, 0.2) is 30.6 Å². The molecule has 0 bridgehead atoms. The molecule has 1 atom stereocenters. The summed E-state index contributed by atoms with van der Waals surface area (Å²) in [4.78, 5) is 27.9. The van der Waals surface area contributed by atoms with Gasteiger partial charge in [0.2, 0.25) is 5.91 Å². The molecule has 3 aromatic rings. The molecule has 1 N–H and O–H groups in total. The van der Waals surface area contributed by atoms with Crippen LogP contribution >= 0.6 is 0 Å². The number of halogens is 2. The standard InChI is InChI=1S/C26H30F2N6O2/c1-16-24(30-18-13-19(15-29-14-18)34-7-9-36-10-8-34)23-20(28)11-17(27)12-21(23)31-25(16)33(3)26(35)22-5-4-6-32(22)2/h11-15,22H,4-10H2,1-3H3,(H,30,31)/t22-/m1/s1. The van der Waals surface area contributed by atoms with Crippen molar-refractivity contribution in [1.82, 2.24) is 14.9 Å². The van der Waals surface area contributed by atoms with Crippen LogP contribution in [-0.4, -0.2) is 73.8 Å². The Bertz CT molecular complexity index is 1300. The van der Waals surface area contributed by atoms with Crippen molar-refractivity contribution in [3.05, 3.63) is 47.8 Å². The van der Waals surface area contributed by atoms with Crippen LogP contribution in [0.1, 0.15) is 18.4 Å². The number of benzene rings is 1. The molecule has 1 aromatic carbocycles. The van der Waals surface area contributed by atoms with E-state index in [1.165, 1.54) is 11.0 Å². The lowest BCUT2D eigenvalue weighted by Crippen LogP contribution is -2.43. The number of carbonyl (C=O) groups excluding carboxylic acids is 1. The molecule has 0 unspecified atom stereocenters. The number of likely N-dealkylation sites (tertiary alicyclic amines) is 1. The molecule has 0 aliphatic carbocycles. The molecular formula is C26H30F2N6O2. The second-order valence-corrected chi connectivity index (χ2v) is 9.41. The van der Waals surface area contributed by atoms with E-state index in [0.717, 1.165) is 44.2 Å². The van der Waals surface area contributed by atoms with Gasteiger partial charge in [0.15, 0.2) is 0 Å². The number of anilines is 4. The van der Waals surface area contributed by atoms with Gasteiger partial charge in [-0.2, -0.15) is 0 Å². The molecule has 0 spiro atoms. The molecule has 2 aliphatic rings. The minimum Gasteiger partial charge on any atom is -0.378 e. The minimum absolute atomic E-state index is 0.0937. The van der Waals surface area contributed by atoms with Crippen molar-refractivity contribution in [2.24, 2.45) is 0 Å². The highest BCUT2D eigenvalue weighted by atomic mass is 19.1. The number of pyridine rings is 2. The Hall–Kier alpha value is -3.37. The molecule has 36 heavy (non-hydrogen) atoms. The average molecular weight is 497 g/mol. The van der Waals surface area contributed by atoms with Gasteiger partial charge in [-0.15, -0.1) is 0 Å². The van der Waals surface area contributed by atoms with E-state index in [2.05, 4.69) is 20.2 Å². The van der Waals surface area contributed by atoms with Crippen LogP contribution < -0.4 is 15.1 Å². The molecule has 1 amide bonds. The fourth-order valence-electron chi connectivity index (χ4n) is 5.06. The van der Waals surface area contributed by atoms with Crippen LogP contribution in [0, 0.1) is 18.6 Å². The van der Waals surface area contributed by atoms with Gasteiger partial charge in [0.05, 0.1) is 59.6 Å². The maximum Gasteiger partial charge on any atom is 0.245 e. The number of hydrogen-bond acceptors (Lipinski definition) is 7. The zero-order chi connectivity index (χ0) is 25.4. The lowest BCUT2D eigenvalue weighted by molar-refractivity contribution is -0.122. The first kappa shape index (κ1) is 24.3. The lowest BCUT2D eigenvalue weighted by atomic mass is 10.1. The van der Waals surface area contributed by atoms with Crippen molar-refractivity contribution in [2.45, 2.75) is 25.8 Å². The van der Waals surface area contributed by atoms with E-state index in [4.69, 9.17) is 4.74 Å². The van der Waals surface area contributed by atoms with E-state index in [1.54, 1.807) is 26.4 Å². The largest absolute Gasteiger partial charge is 0.378 e. The first-order valence-electron chi connectivity index (χ1n) is 12.2. The number of aromatic nitrogens is 2. The van der Waals surface area contributed by atoms with E-state index < -0.39 is 11.6 Å². The Morgan fingerprint density at radius 2 is 1.94 bits per heavy atom. The number of fused-ring (bicyclic) bond motifs is 1. The van der Waals surface area contributed by atoms with E-state index >= 15 is 4.39 Å². The topological polar surface area (TPSA) is 73.8 Å². The summed E-state index contributed by atoms with van der Waals surface area (Å²) >= 11 is 0. The van der Waals surface area contributed by atoms with Crippen molar-refractivity contribution in [1.29, 1.82) is 0 Å². The molecule has 0 radical (unpaired) electrons. The Balaban J connectivity index is 1.57. The van der Waals surface area contributed by atoms with E-state index in [1.807, 2.05) is 18.0 Å². The highest BCUT2D eigenvalue weighted by Gasteiger charge is 2.32. The molecule has 190 valence electrons. The third-order valence-corrected chi connectivity index (χ3v) is 7.04. The molecule has 0 saturated carbocycles. The molecule has 2 aromatic heterocycles. The summed E-state index contributed by atoms with van der Waals surface area (Å²) < 4.78 is 34.7. The van der Waals surface area contributed by atoms with Crippen molar-refractivity contribution < 1.29 is 18.3 Å². The molecule has 2 aliphatic heterocycles. The lowest BCUT2D eigenvalue weighted by Gasteiger charge is -2.29. The van der Waals surface area contributed by atoms with Gasteiger partial charge in [-0.25, -0.2) is 13.8 Å². The number of carbonyl (C=O) groups is 1. The zero-order valence-corrected chi connectivity index (χ0v) is 20.7. The van der Waals surface area contributed by atoms with Gasteiger partial charge in [-0.3, -0.25) is 19.6 Å². The van der Waals surface area contributed by atoms with Gasteiger partial charge < -0.3 is 15.0 Å². The Morgan fingerprint density at radius 1 is 1.17 bits per heavy atom. The summed E-state index contributed by atoms with van der Waals surface area (Å²) in [7, 11) is 3.59. The number of rotatable bonds is 5. The normalized spacial score (nSPS) is 18.6. The van der Waals surface area contributed by atoms with Gasteiger partial charge in [0.1, 0.15) is 17.5 Å². The summed E-state index contributed by atoms with van der Waals surface area (Å²) in [6, 6.07) is 3.73. The molecule has 5 rings (SSSR count). The van der Waals surface area contributed by atoms with Gasteiger partial charge in [0, 0.05) is 37.8 Å². The number of nitrogens with one attached hydrogen (secondary N) is 1. The first-order valence-corrected chi connectivity index (χ1v) is 12.2. The quantitative estimate of drug-likeness (QED) is 0.575. The molecule has 10 heteroatoms. The van der Waals surface area contributed by atoms with Gasteiger partial charge >= 0.3 is 0 Å². The van der Waals surface area contributed by atoms with Crippen molar-refractivity contribution in [2.75, 3.05) is 62.1 Å². The minimum atomic E-state index is -0.728. The van der Waals surface area contributed by atoms with Crippen molar-refractivity contribution >= 4 is 39.7 Å². The fraction of sp³-hybridized carbons (Fsp3) is 0.423. The Labute approximate surface area is 208 Å². The predicted octanol–water partition coefficient (Wildman–Crippen LogP) is 3.85. The average Bonchev–Trinajstić information content (AvgIpc) is 3.31. The Kier molecular flexibility index (Phi) is 6.72. The Morgan fingerprint density at radius 3 is 2.67 bits per heavy atom. The van der Waals surface area contributed by atoms with Crippen LogP contribution in [0.5, 0.6) is 0 Å². The van der Waals surface area contributed by atoms with E-state index in [-0.39, 0.29) is 22.9 Å². The summed E-state index contributed by atoms with van der Waals surface area (Å²) in [6.07, 6.45) is 5.14. The number of morpholine rings is 1. The molecular weight excluding hydrogens is 466 g/mol. The molecule has 8 nitrogen and oxygen atoms in total. The molecule has 2 saturated heterocycles. The monoisotopic (exact) mass is 496 g/mol. The summed E-state index contributed by atoms with van der Waals surface area (Å²) in [5, 5.41) is 3.46. The third kappa shape index (κ3) is 4.58. The second kappa shape index (κ2) is 9.94. The maximum atomic E-state index is 15.1. The van der Waals surface area contributed by atoms with Crippen LogP contribution in [0.3, 0.4) is 0 Å². The molecule has 4 heterocycles. The number of nitrogens with zero attached hydrogens (tertiary/aromatic N) is 5. The SMILES string of the molecule is Cc1c(N(C)C(=O)[C@H]2CCCN2C)nc2cc(F)cc(F)c2c1Nc1cncc(N2CCOCC2)c1. The molecule has 2 fully saturated rings. The second-order valence-electron chi connectivity index (χ2n) is 9.41. The predicted molar refractivity (Wildman–Crippen MR) is 136 cm³/mol. The zero-order valence-electron chi connectivity index (χ0n) is 20.7. The van der Waals surface area contributed by atoms with Crippen LogP contribution in [0.25, 0.3) is 10.9 Å². The van der Waals surface area contributed by atoms with Gasteiger partial charge in [-0.05, 0) is 39.4 Å². The highest BCUT2D eigenvalue weighted by Crippen LogP contribution is 2.37. The summed E-state index contributed by atoms with van der Waals surface area (Å²) in [6.45, 7) is 5.43. The maximum absolute atomic E-state index is 15.1. The van der Waals surface area contributed by atoms with E-state index in [9.17, 15) is 9.18 Å². The number of likely N-dealkylation sites (N-methyl/N-ethyl adjacent to an activating group) is 2. The van der Waals surface area contributed by atoms with Crippen molar-refractivity contribution in [3.8, 4) is 0 Å². The number of amides is 1. The third-order valence-electron chi connectivity index (χ3n) is 7.04. The van der Waals surface area contributed by atoms with Crippen molar-refractivity contribution in [3.63, 3.8) is 0 Å². The van der Waals surface area contributed by atoms with Crippen LogP contribution in [-0.2, 0) is 9.53 Å². The fourth-order valence-corrected chi connectivity index (χ4v) is 5.06. The van der Waals surface area contributed by atoms with Gasteiger partial charge in [-0.1, -0.05) is 0 Å². The summed E-state index contributed by atoms with van der Waals surface area (Å²) in [5.41, 5.74) is 2.71. The summed E-state index contributed by atoms with van der Waals surface area (Å²) in [5.74, 6) is -1.19. The van der Waals surface area contributed by atoms with E-state index in [0.29, 0.717) is 36.0 Å². The van der Waals surface area contributed by atoms with Crippen LogP contribution in [0.2, 0.25) is 0 Å². The first-order chi connectivity index (χ1) is 17.3. The smallest absolute Gasteiger partial charge is 0.245 e. The van der Waals surface area contributed by atoms with Crippen LogP contribution in [0.4, 0.5) is 31.7 Å².